The van der Waals surface area contributed by atoms with Crippen molar-refractivity contribution in [2.75, 3.05) is 5.32 Å². The number of carbonyl (C=O) groups excluding carboxylic acids is 1. The Bertz CT molecular complexity index is 605. The van der Waals surface area contributed by atoms with Gasteiger partial charge in [0.1, 0.15) is 0 Å². The molecule has 2 aromatic carbocycles. The largest absolute Gasteiger partial charge is 0.326 e. The molecule has 0 aliphatic rings. The van der Waals surface area contributed by atoms with Gasteiger partial charge in [-0.05, 0) is 43.2 Å². The molecule has 3 nitrogen and oxygen atoms in total. The fraction of sp³-hybridized carbons (Fsp3) is 0.188. The topological polar surface area (TPSA) is 55.1 Å². The van der Waals surface area contributed by atoms with E-state index in [9.17, 15) is 4.79 Å². The summed E-state index contributed by atoms with van der Waals surface area (Å²) < 4.78 is 0. The van der Waals surface area contributed by atoms with Crippen LogP contribution >= 0.6 is 0 Å². The second kappa shape index (κ2) is 5.67. The molecule has 2 rings (SSSR count). The highest BCUT2D eigenvalue weighted by Crippen LogP contribution is 2.17. The number of nitrogens with two attached hydrogens (primary N) is 1. The molecule has 2 aromatic rings. The summed E-state index contributed by atoms with van der Waals surface area (Å²) in [6, 6.07) is 13.3. The molecule has 0 atom stereocenters. The van der Waals surface area contributed by atoms with E-state index in [2.05, 4.69) is 5.32 Å². The van der Waals surface area contributed by atoms with Crippen molar-refractivity contribution in [2.24, 2.45) is 5.73 Å². The summed E-state index contributed by atoms with van der Waals surface area (Å²) in [6.07, 6.45) is 0. The standard InChI is InChI=1S/C16H18N2O/c1-11-6-7-15(12(2)8-11)18-16(19)14-5-3-4-13(9-14)10-17/h3-9H,10,17H2,1-2H3,(H,18,19). The lowest BCUT2D eigenvalue weighted by molar-refractivity contribution is 0.102. The minimum absolute atomic E-state index is 0.109. The van der Waals surface area contributed by atoms with Crippen LogP contribution in [0.1, 0.15) is 27.0 Å². The first kappa shape index (κ1) is 13.3. The molecule has 98 valence electrons. The highest BCUT2D eigenvalue weighted by atomic mass is 16.1. The maximum Gasteiger partial charge on any atom is 0.255 e. The Labute approximate surface area is 113 Å². The van der Waals surface area contributed by atoms with Crippen LogP contribution in [0.5, 0.6) is 0 Å². The van der Waals surface area contributed by atoms with E-state index >= 15 is 0 Å². The van der Waals surface area contributed by atoms with Gasteiger partial charge in [0.2, 0.25) is 0 Å². The number of benzene rings is 2. The molecule has 3 heteroatoms. The van der Waals surface area contributed by atoms with Crippen LogP contribution in [0.3, 0.4) is 0 Å². The predicted molar refractivity (Wildman–Crippen MR) is 78.2 cm³/mol. The van der Waals surface area contributed by atoms with Crippen LogP contribution in [-0.4, -0.2) is 5.91 Å². The second-order valence-electron chi connectivity index (χ2n) is 4.68. The highest BCUT2D eigenvalue weighted by molar-refractivity contribution is 6.04. The van der Waals surface area contributed by atoms with Crippen molar-refractivity contribution in [1.82, 2.24) is 0 Å². The Kier molecular flexibility index (Phi) is 3.97. The third-order valence-corrected chi connectivity index (χ3v) is 3.05. The Morgan fingerprint density at radius 1 is 1.16 bits per heavy atom. The van der Waals surface area contributed by atoms with Crippen LogP contribution in [-0.2, 0) is 6.54 Å². The van der Waals surface area contributed by atoms with Crippen molar-refractivity contribution in [3.8, 4) is 0 Å². The lowest BCUT2D eigenvalue weighted by atomic mass is 10.1. The molecule has 0 spiro atoms. The van der Waals surface area contributed by atoms with Gasteiger partial charge in [0, 0.05) is 17.8 Å². The van der Waals surface area contributed by atoms with E-state index in [1.165, 1.54) is 5.56 Å². The minimum Gasteiger partial charge on any atom is -0.326 e. The Hall–Kier alpha value is -2.13. The predicted octanol–water partition coefficient (Wildman–Crippen LogP) is 3.01. The van der Waals surface area contributed by atoms with Gasteiger partial charge in [-0.25, -0.2) is 0 Å². The van der Waals surface area contributed by atoms with Crippen LogP contribution in [0.4, 0.5) is 5.69 Å². The normalized spacial score (nSPS) is 10.3. The number of nitrogens with one attached hydrogen (secondary N) is 1. The molecule has 0 saturated carbocycles. The van der Waals surface area contributed by atoms with Gasteiger partial charge < -0.3 is 11.1 Å². The van der Waals surface area contributed by atoms with E-state index in [0.717, 1.165) is 16.8 Å². The molecule has 0 fully saturated rings. The summed E-state index contributed by atoms with van der Waals surface area (Å²) in [6.45, 7) is 4.45. The first-order chi connectivity index (χ1) is 9.10. The molecule has 0 radical (unpaired) electrons. The van der Waals surface area contributed by atoms with Gasteiger partial charge in [0.15, 0.2) is 0 Å². The van der Waals surface area contributed by atoms with E-state index in [0.29, 0.717) is 12.1 Å². The number of rotatable bonds is 3. The van der Waals surface area contributed by atoms with Crippen LogP contribution < -0.4 is 11.1 Å². The summed E-state index contributed by atoms with van der Waals surface area (Å²) in [4.78, 5) is 12.2. The third kappa shape index (κ3) is 3.20. The molecular weight excluding hydrogens is 236 g/mol. The molecular formula is C16H18N2O. The lowest BCUT2D eigenvalue weighted by Crippen LogP contribution is -2.13. The average Bonchev–Trinajstić information content (AvgIpc) is 2.42. The van der Waals surface area contributed by atoms with Crippen molar-refractivity contribution in [3.05, 3.63) is 64.7 Å². The third-order valence-electron chi connectivity index (χ3n) is 3.05. The number of carbonyl (C=O) groups is 1. The van der Waals surface area contributed by atoms with Gasteiger partial charge in [-0.15, -0.1) is 0 Å². The maximum atomic E-state index is 12.2. The molecule has 0 aliphatic carbocycles. The summed E-state index contributed by atoms with van der Waals surface area (Å²) in [5.41, 5.74) is 10.2. The minimum atomic E-state index is -0.109. The Morgan fingerprint density at radius 2 is 1.95 bits per heavy atom. The molecule has 0 unspecified atom stereocenters. The van der Waals surface area contributed by atoms with Crippen LogP contribution in [0.2, 0.25) is 0 Å². The summed E-state index contributed by atoms with van der Waals surface area (Å²) in [5.74, 6) is -0.109. The van der Waals surface area contributed by atoms with Gasteiger partial charge in [-0.2, -0.15) is 0 Å². The highest BCUT2D eigenvalue weighted by Gasteiger charge is 2.08. The molecule has 19 heavy (non-hydrogen) atoms. The van der Waals surface area contributed by atoms with Crippen molar-refractivity contribution in [1.29, 1.82) is 0 Å². The van der Waals surface area contributed by atoms with E-state index < -0.39 is 0 Å². The zero-order valence-electron chi connectivity index (χ0n) is 11.2. The van der Waals surface area contributed by atoms with E-state index in [1.54, 1.807) is 6.07 Å². The van der Waals surface area contributed by atoms with Gasteiger partial charge >= 0.3 is 0 Å². The number of hydrogen-bond acceptors (Lipinski definition) is 2. The summed E-state index contributed by atoms with van der Waals surface area (Å²) >= 11 is 0. The van der Waals surface area contributed by atoms with Crippen molar-refractivity contribution < 1.29 is 4.79 Å². The monoisotopic (exact) mass is 254 g/mol. The van der Waals surface area contributed by atoms with Gasteiger partial charge in [-0.3, -0.25) is 4.79 Å². The average molecular weight is 254 g/mol. The number of anilines is 1. The summed E-state index contributed by atoms with van der Waals surface area (Å²) in [7, 11) is 0. The zero-order chi connectivity index (χ0) is 13.8. The lowest BCUT2D eigenvalue weighted by Gasteiger charge is -2.09. The van der Waals surface area contributed by atoms with Crippen molar-refractivity contribution in [2.45, 2.75) is 20.4 Å². The number of amides is 1. The van der Waals surface area contributed by atoms with Gasteiger partial charge in [0.25, 0.3) is 5.91 Å². The summed E-state index contributed by atoms with van der Waals surface area (Å²) in [5, 5.41) is 2.93. The smallest absolute Gasteiger partial charge is 0.255 e. The fourth-order valence-corrected chi connectivity index (χ4v) is 1.99. The quantitative estimate of drug-likeness (QED) is 0.884. The first-order valence-corrected chi connectivity index (χ1v) is 6.28. The second-order valence-corrected chi connectivity index (χ2v) is 4.68. The molecule has 0 aliphatic heterocycles. The van der Waals surface area contributed by atoms with E-state index in [4.69, 9.17) is 5.73 Å². The van der Waals surface area contributed by atoms with Crippen LogP contribution in [0, 0.1) is 13.8 Å². The fourth-order valence-electron chi connectivity index (χ4n) is 1.99. The molecule has 0 heterocycles. The van der Waals surface area contributed by atoms with Gasteiger partial charge in [-0.1, -0.05) is 29.8 Å². The van der Waals surface area contributed by atoms with Crippen LogP contribution in [0.15, 0.2) is 42.5 Å². The zero-order valence-corrected chi connectivity index (χ0v) is 11.2. The van der Waals surface area contributed by atoms with Crippen molar-refractivity contribution in [3.63, 3.8) is 0 Å². The SMILES string of the molecule is Cc1ccc(NC(=O)c2cccc(CN)c2)c(C)c1. The van der Waals surface area contributed by atoms with E-state index in [1.807, 2.05) is 50.2 Å². The molecule has 0 saturated heterocycles. The van der Waals surface area contributed by atoms with Crippen LogP contribution in [0.25, 0.3) is 0 Å². The maximum absolute atomic E-state index is 12.2. The van der Waals surface area contributed by atoms with Gasteiger partial charge in [0.05, 0.1) is 0 Å². The van der Waals surface area contributed by atoms with E-state index in [-0.39, 0.29) is 5.91 Å². The number of aryl methyl sites for hydroxylation is 2. The Balaban J connectivity index is 2.20. The molecule has 0 aromatic heterocycles. The molecule has 1 amide bonds. The number of hydrogen-bond donors (Lipinski definition) is 2. The molecule has 0 bridgehead atoms. The first-order valence-electron chi connectivity index (χ1n) is 6.28. The Morgan fingerprint density at radius 3 is 2.63 bits per heavy atom. The van der Waals surface area contributed by atoms with Crippen molar-refractivity contribution >= 4 is 11.6 Å². The molecule has 3 N–H and O–H groups in total.